The molecule has 3 rings (SSSR count). The van der Waals surface area contributed by atoms with Crippen molar-refractivity contribution in [1.82, 2.24) is 20.4 Å². The molecule has 0 saturated carbocycles. The number of likely N-dealkylation sites (tertiary alicyclic amines) is 1. The molecule has 1 aromatic carbocycles. The maximum Gasteiger partial charge on any atom is 0.237 e. The summed E-state index contributed by atoms with van der Waals surface area (Å²) >= 11 is 0. The molecule has 2 aromatic rings. The Morgan fingerprint density at radius 3 is 2.79 bits per heavy atom. The van der Waals surface area contributed by atoms with Gasteiger partial charge in [0.1, 0.15) is 0 Å². The quantitative estimate of drug-likeness (QED) is 0.881. The highest BCUT2D eigenvalue weighted by Gasteiger charge is 2.28. The predicted molar refractivity (Wildman–Crippen MR) is 90.0 cm³/mol. The topological polar surface area (TPSA) is 71.3 Å². The zero-order valence-electron chi connectivity index (χ0n) is 14.1. The molecule has 0 radical (unpaired) electrons. The molecule has 0 bridgehead atoms. The second-order valence-electron chi connectivity index (χ2n) is 6.13. The van der Waals surface area contributed by atoms with Crippen LogP contribution in [0.5, 0.6) is 0 Å². The summed E-state index contributed by atoms with van der Waals surface area (Å²) in [5.41, 5.74) is 1.24. The fraction of sp³-hybridized carbons (Fsp3) is 0.500. The summed E-state index contributed by atoms with van der Waals surface area (Å²) in [6, 6.07) is 10.2. The van der Waals surface area contributed by atoms with E-state index in [1.165, 1.54) is 5.56 Å². The van der Waals surface area contributed by atoms with E-state index in [2.05, 4.69) is 32.5 Å². The minimum Gasteiger partial charge on any atom is -0.423 e. The Hall–Kier alpha value is -2.21. The van der Waals surface area contributed by atoms with E-state index in [9.17, 15) is 4.79 Å². The number of rotatable bonds is 6. The highest BCUT2D eigenvalue weighted by molar-refractivity contribution is 5.81. The average Bonchev–Trinajstić information content (AvgIpc) is 3.09. The zero-order chi connectivity index (χ0) is 16.8. The van der Waals surface area contributed by atoms with Crippen LogP contribution in [0.3, 0.4) is 0 Å². The number of aryl methyl sites for hydroxylation is 1. The summed E-state index contributed by atoms with van der Waals surface area (Å²) < 4.78 is 5.44. The lowest BCUT2D eigenvalue weighted by Gasteiger charge is -2.34. The van der Waals surface area contributed by atoms with E-state index in [1.807, 2.05) is 25.1 Å². The molecule has 0 spiro atoms. The molecule has 0 unspecified atom stereocenters. The Morgan fingerprint density at radius 2 is 2.04 bits per heavy atom. The number of piperidine rings is 1. The van der Waals surface area contributed by atoms with Crippen LogP contribution >= 0.6 is 0 Å². The van der Waals surface area contributed by atoms with Gasteiger partial charge in [0.25, 0.3) is 0 Å². The molecular weight excluding hydrogens is 304 g/mol. The first-order chi connectivity index (χ1) is 11.8. The molecule has 1 aromatic heterocycles. The van der Waals surface area contributed by atoms with E-state index in [0.717, 1.165) is 32.4 Å². The minimum absolute atomic E-state index is 0.0434. The fourth-order valence-electron chi connectivity index (χ4n) is 3.08. The Labute approximate surface area is 142 Å². The van der Waals surface area contributed by atoms with E-state index in [1.54, 1.807) is 0 Å². The van der Waals surface area contributed by atoms with Crippen LogP contribution in [-0.2, 0) is 24.3 Å². The molecule has 6 heteroatoms. The van der Waals surface area contributed by atoms with Crippen LogP contribution in [0.1, 0.15) is 43.5 Å². The Kier molecular flexibility index (Phi) is 5.59. The summed E-state index contributed by atoms with van der Waals surface area (Å²) in [5, 5.41) is 10.8. The maximum atomic E-state index is 12.6. The molecular formula is C18H24N4O2. The predicted octanol–water partition coefficient (Wildman–Crippen LogP) is 2.30. The minimum atomic E-state index is -0.0903. The molecule has 0 aliphatic carbocycles. The first-order valence-corrected chi connectivity index (χ1v) is 8.63. The van der Waals surface area contributed by atoms with E-state index >= 15 is 0 Å². The van der Waals surface area contributed by atoms with Crippen molar-refractivity contribution in [1.29, 1.82) is 0 Å². The third-order valence-corrected chi connectivity index (χ3v) is 4.37. The van der Waals surface area contributed by atoms with Crippen LogP contribution in [0, 0.1) is 0 Å². The van der Waals surface area contributed by atoms with Gasteiger partial charge in [0.05, 0.1) is 12.6 Å². The van der Waals surface area contributed by atoms with Gasteiger partial charge in [-0.25, -0.2) is 0 Å². The molecule has 1 saturated heterocycles. The first-order valence-electron chi connectivity index (χ1n) is 8.63. The van der Waals surface area contributed by atoms with Gasteiger partial charge in [-0.05, 0) is 24.9 Å². The summed E-state index contributed by atoms with van der Waals surface area (Å²) in [7, 11) is 0. The van der Waals surface area contributed by atoms with Gasteiger partial charge >= 0.3 is 0 Å². The normalized spacial score (nSPS) is 18.5. The first kappa shape index (κ1) is 16.6. The van der Waals surface area contributed by atoms with E-state index in [4.69, 9.17) is 4.42 Å². The molecule has 128 valence electrons. The van der Waals surface area contributed by atoms with E-state index < -0.39 is 0 Å². The van der Waals surface area contributed by atoms with Crippen molar-refractivity contribution in [3.63, 3.8) is 0 Å². The van der Waals surface area contributed by atoms with Gasteiger partial charge in [0, 0.05) is 13.0 Å². The van der Waals surface area contributed by atoms with Crippen LogP contribution in [-0.4, -0.2) is 33.6 Å². The van der Waals surface area contributed by atoms with Crippen molar-refractivity contribution < 1.29 is 9.21 Å². The number of aromatic nitrogens is 2. The van der Waals surface area contributed by atoms with Crippen molar-refractivity contribution in [3.8, 4) is 0 Å². The second kappa shape index (κ2) is 8.06. The van der Waals surface area contributed by atoms with Crippen LogP contribution in [0.25, 0.3) is 0 Å². The van der Waals surface area contributed by atoms with Gasteiger partial charge in [-0.1, -0.05) is 43.7 Å². The molecule has 1 amide bonds. The van der Waals surface area contributed by atoms with Crippen molar-refractivity contribution in [2.24, 2.45) is 0 Å². The second-order valence-corrected chi connectivity index (χ2v) is 6.13. The van der Waals surface area contributed by atoms with Crippen molar-refractivity contribution in [3.05, 3.63) is 47.7 Å². The monoisotopic (exact) mass is 328 g/mol. The molecule has 1 aliphatic heterocycles. The molecule has 2 heterocycles. The number of nitrogens with one attached hydrogen (secondary N) is 1. The van der Waals surface area contributed by atoms with E-state index in [0.29, 0.717) is 24.7 Å². The Balaban J connectivity index is 1.58. The zero-order valence-corrected chi connectivity index (χ0v) is 14.1. The van der Waals surface area contributed by atoms with Gasteiger partial charge in [0.2, 0.25) is 17.7 Å². The number of carbonyl (C=O) groups excluding carboxylic acids is 1. The lowest BCUT2D eigenvalue weighted by atomic mass is 10.0. The Morgan fingerprint density at radius 1 is 1.25 bits per heavy atom. The van der Waals surface area contributed by atoms with Crippen molar-refractivity contribution in [2.75, 3.05) is 6.54 Å². The number of benzene rings is 1. The lowest BCUT2D eigenvalue weighted by Crippen LogP contribution is -2.48. The molecule has 1 N–H and O–H groups in total. The van der Waals surface area contributed by atoms with Gasteiger partial charge in [0.15, 0.2) is 0 Å². The van der Waals surface area contributed by atoms with Gasteiger partial charge < -0.3 is 9.73 Å². The summed E-state index contributed by atoms with van der Waals surface area (Å²) in [6.07, 6.45) is 3.82. The average molecular weight is 328 g/mol. The van der Waals surface area contributed by atoms with Crippen LogP contribution in [0.4, 0.5) is 0 Å². The highest BCUT2D eigenvalue weighted by Crippen LogP contribution is 2.20. The smallest absolute Gasteiger partial charge is 0.237 e. The van der Waals surface area contributed by atoms with Crippen molar-refractivity contribution in [2.45, 2.75) is 51.7 Å². The fourth-order valence-corrected chi connectivity index (χ4v) is 3.08. The molecule has 6 nitrogen and oxygen atoms in total. The Bertz CT molecular complexity index is 656. The van der Waals surface area contributed by atoms with E-state index in [-0.39, 0.29) is 11.9 Å². The number of hydrogen-bond acceptors (Lipinski definition) is 5. The summed E-state index contributed by atoms with van der Waals surface area (Å²) in [4.78, 5) is 14.9. The largest absolute Gasteiger partial charge is 0.423 e. The third kappa shape index (κ3) is 4.20. The van der Waals surface area contributed by atoms with Crippen LogP contribution < -0.4 is 5.32 Å². The SMILES string of the molecule is CCc1nnc(CNC(=O)[C@H]2CCCCN2Cc2ccccc2)o1. The number of nitrogens with zero attached hydrogens (tertiary/aromatic N) is 3. The van der Waals surface area contributed by atoms with Crippen LogP contribution in [0.15, 0.2) is 34.7 Å². The number of amides is 1. The van der Waals surface area contributed by atoms with Gasteiger partial charge in [-0.15, -0.1) is 10.2 Å². The van der Waals surface area contributed by atoms with Crippen LogP contribution in [0.2, 0.25) is 0 Å². The third-order valence-electron chi connectivity index (χ3n) is 4.37. The van der Waals surface area contributed by atoms with Gasteiger partial charge in [-0.3, -0.25) is 9.69 Å². The summed E-state index contributed by atoms with van der Waals surface area (Å²) in [6.45, 7) is 4.01. The van der Waals surface area contributed by atoms with Crippen molar-refractivity contribution >= 4 is 5.91 Å². The molecule has 1 aliphatic rings. The summed E-state index contributed by atoms with van der Waals surface area (Å²) in [5.74, 6) is 1.11. The highest BCUT2D eigenvalue weighted by atomic mass is 16.4. The number of hydrogen-bond donors (Lipinski definition) is 1. The molecule has 24 heavy (non-hydrogen) atoms. The number of carbonyl (C=O) groups is 1. The molecule has 1 atom stereocenters. The van der Waals surface area contributed by atoms with Gasteiger partial charge in [-0.2, -0.15) is 0 Å². The maximum absolute atomic E-state index is 12.6. The standard InChI is InChI=1S/C18H24N4O2/c1-2-16-20-21-17(24-16)12-19-18(23)15-10-6-7-11-22(15)13-14-8-4-3-5-9-14/h3-5,8-9,15H,2,6-7,10-13H2,1H3,(H,19,23)/t15-/m1/s1. The molecule has 1 fully saturated rings. The lowest BCUT2D eigenvalue weighted by molar-refractivity contribution is -0.128.